The molecule has 2 saturated heterocycles. The van der Waals surface area contributed by atoms with E-state index >= 15 is 0 Å². The molecule has 2 aliphatic rings. The number of carbonyl (C=O) groups excluding carboxylic acids is 1. The van der Waals surface area contributed by atoms with Gasteiger partial charge >= 0.3 is 0 Å². The van der Waals surface area contributed by atoms with Crippen LogP contribution in [0.3, 0.4) is 0 Å². The predicted octanol–water partition coefficient (Wildman–Crippen LogP) is -0.768. The summed E-state index contributed by atoms with van der Waals surface area (Å²) in [6.45, 7) is 5.14. The lowest BCUT2D eigenvalue weighted by Gasteiger charge is -2.28. The zero-order chi connectivity index (χ0) is 11.4. The number of ether oxygens (including phenoxy) is 1. The Morgan fingerprint density at radius 3 is 2.94 bits per heavy atom. The normalized spacial score (nSPS) is 34.9. The van der Waals surface area contributed by atoms with Crippen molar-refractivity contribution in [2.24, 2.45) is 0 Å². The molecule has 0 aromatic carbocycles. The first kappa shape index (κ1) is 11.8. The molecule has 0 aromatic rings. The molecule has 2 heterocycles. The highest BCUT2D eigenvalue weighted by atomic mass is 16.5. The number of hydrogen-bond donors (Lipinski definition) is 3. The number of carbonyl (C=O) groups is 1. The lowest BCUT2D eigenvalue weighted by Crippen LogP contribution is -2.59. The summed E-state index contributed by atoms with van der Waals surface area (Å²) in [6.07, 6.45) is 2.40. The Balaban J connectivity index is 1.67. The zero-order valence-electron chi connectivity index (χ0n) is 9.79. The Bertz CT molecular complexity index is 233. The van der Waals surface area contributed by atoms with Crippen molar-refractivity contribution in [1.82, 2.24) is 16.0 Å². The van der Waals surface area contributed by atoms with Gasteiger partial charge in [-0.25, -0.2) is 0 Å². The molecule has 92 valence electrons. The van der Waals surface area contributed by atoms with Crippen LogP contribution < -0.4 is 16.0 Å². The molecule has 0 saturated carbocycles. The summed E-state index contributed by atoms with van der Waals surface area (Å²) in [5.74, 6) is 0.0786. The minimum atomic E-state index is -0.0994. The van der Waals surface area contributed by atoms with Crippen LogP contribution in [0.5, 0.6) is 0 Å². The van der Waals surface area contributed by atoms with E-state index in [4.69, 9.17) is 4.74 Å². The third kappa shape index (κ3) is 3.17. The summed E-state index contributed by atoms with van der Waals surface area (Å²) >= 11 is 0. The SMILES string of the molecule is CC1CNC(C(=O)NCC2CCCO2)CN1. The maximum atomic E-state index is 11.8. The fourth-order valence-corrected chi connectivity index (χ4v) is 2.11. The first-order valence-electron chi connectivity index (χ1n) is 6.12. The fraction of sp³-hybridized carbons (Fsp3) is 0.909. The second-order valence-electron chi connectivity index (χ2n) is 4.65. The Kier molecular flexibility index (Phi) is 4.15. The molecule has 0 bridgehead atoms. The molecule has 0 spiro atoms. The highest BCUT2D eigenvalue weighted by Crippen LogP contribution is 2.10. The van der Waals surface area contributed by atoms with Crippen molar-refractivity contribution >= 4 is 5.91 Å². The molecule has 0 aromatic heterocycles. The van der Waals surface area contributed by atoms with Crippen molar-refractivity contribution < 1.29 is 9.53 Å². The average Bonchev–Trinajstić information content (AvgIpc) is 2.80. The number of hydrogen-bond acceptors (Lipinski definition) is 4. The molecular weight excluding hydrogens is 206 g/mol. The van der Waals surface area contributed by atoms with Gasteiger partial charge in [0.25, 0.3) is 0 Å². The number of piperazine rings is 1. The molecule has 3 N–H and O–H groups in total. The van der Waals surface area contributed by atoms with Crippen LogP contribution in [0.1, 0.15) is 19.8 Å². The van der Waals surface area contributed by atoms with Gasteiger partial charge in [-0.1, -0.05) is 0 Å². The topological polar surface area (TPSA) is 62.4 Å². The highest BCUT2D eigenvalue weighted by Gasteiger charge is 2.24. The predicted molar refractivity (Wildman–Crippen MR) is 61.2 cm³/mol. The second-order valence-corrected chi connectivity index (χ2v) is 4.65. The van der Waals surface area contributed by atoms with Gasteiger partial charge in [0.1, 0.15) is 0 Å². The van der Waals surface area contributed by atoms with Crippen LogP contribution in [-0.2, 0) is 9.53 Å². The van der Waals surface area contributed by atoms with Gasteiger partial charge in [0.2, 0.25) is 5.91 Å². The molecule has 3 atom stereocenters. The average molecular weight is 227 g/mol. The Labute approximate surface area is 96.3 Å². The molecule has 2 fully saturated rings. The van der Waals surface area contributed by atoms with Gasteiger partial charge in [0.05, 0.1) is 12.1 Å². The fourth-order valence-electron chi connectivity index (χ4n) is 2.11. The largest absolute Gasteiger partial charge is 0.376 e. The standard InChI is InChI=1S/C11H21N3O2/c1-8-5-13-10(7-12-8)11(15)14-6-9-3-2-4-16-9/h8-10,12-13H,2-7H2,1H3,(H,14,15). The van der Waals surface area contributed by atoms with E-state index in [0.717, 1.165) is 26.0 Å². The zero-order valence-corrected chi connectivity index (χ0v) is 9.79. The van der Waals surface area contributed by atoms with Gasteiger partial charge in [0.15, 0.2) is 0 Å². The second kappa shape index (κ2) is 5.61. The van der Waals surface area contributed by atoms with E-state index in [0.29, 0.717) is 19.1 Å². The molecule has 0 aliphatic carbocycles. The number of nitrogens with one attached hydrogen (secondary N) is 3. The summed E-state index contributed by atoms with van der Waals surface area (Å²) in [6, 6.07) is 0.347. The van der Waals surface area contributed by atoms with Crippen LogP contribution in [0, 0.1) is 0 Å². The van der Waals surface area contributed by atoms with Gasteiger partial charge in [-0.3, -0.25) is 4.79 Å². The van der Waals surface area contributed by atoms with E-state index in [2.05, 4.69) is 22.9 Å². The van der Waals surface area contributed by atoms with Crippen molar-refractivity contribution in [3.05, 3.63) is 0 Å². The van der Waals surface area contributed by atoms with Gasteiger partial charge in [-0.2, -0.15) is 0 Å². The lowest BCUT2D eigenvalue weighted by molar-refractivity contribution is -0.123. The van der Waals surface area contributed by atoms with Crippen LogP contribution in [0.4, 0.5) is 0 Å². The van der Waals surface area contributed by atoms with E-state index in [1.807, 2.05) is 0 Å². The highest BCUT2D eigenvalue weighted by molar-refractivity contribution is 5.82. The Hall–Kier alpha value is -0.650. The third-order valence-electron chi connectivity index (χ3n) is 3.19. The summed E-state index contributed by atoms with van der Waals surface area (Å²) in [5, 5.41) is 9.46. The summed E-state index contributed by atoms with van der Waals surface area (Å²) in [4.78, 5) is 11.8. The van der Waals surface area contributed by atoms with E-state index in [9.17, 15) is 4.79 Å². The van der Waals surface area contributed by atoms with Crippen molar-refractivity contribution in [2.75, 3.05) is 26.2 Å². The molecule has 5 heteroatoms. The van der Waals surface area contributed by atoms with Gasteiger partial charge in [-0.05, 0) is 19.8 Å². The van der Waals surface area contributed by atoms with Crippen molar-refractivity contribution in [3.8, 4) is 0 Å². The monoisotopic (exact) mass is 227 g/mol. The maximum Gasteiger partial charge on any atom is 0.238 e. The summed E-state index contributed by atoms with van der Waals surface area (Å²) in [5.41, 5.74) is 0. The molecule has 3 unspecified atom stereocenters. The molecule has 16 heavy (non-hydrogen) atoms. The van der Waals surface area contributed by atoms with Crippen molar-refractivity contribution in [2.45, 2.75) is 38.0 Å². The molecule has 2 aliphatic heterocycles. The summed E-state index contributed by atoms with van der Waals surface area (Å²) < 4.78 is 5.46. The minimum Gasteiger partial charge on any atom is -0.376 e. The summed E-state index contributed by atoms with van der Waals surface area (Å²) in [7, 11) is 0. The maximum absolute atomic E-state index is 11.8. The van der Waals surface area contributed by atoms with Crippen LogP contribution in [0.25, 0.3) is 0 Å². The molecular formula is C11H21N3O2. The van der Waals surface area contributed by atoms with Crippen molar-refractivity contribution in [1.29, 1.82) is 0 Å². The van der Waals surface area contributed by atoms with Crippen LogP contribution in [0.2, 0.25) is 0 Å². The smallest absolute Gasteiger partial charge is 0.238 e. The lowest BCUT2D eigenvalue weighted by atomic mass is 10.1. The van der Waals surface area contributed by atoms with Gasteiger partial charge in [-0.15, -0.1) is 0 Å². The number of amides is 1. The van der Waals surface area contributed by atoms with Crippen LogP contribution in [-0.4, -0.2) is 50.3 Å². The van der Waals surface area contributed by atoms with Gasteiger partial charge < -0.3 is 20.7 Å². The van der Waals surface area contributed by atoms with E-state index in [-0.39, 0.29) is 18.1 Å². The first-order chi connectivity index (χ1) is 7.75. The van der Waals surface area contributed by atoms with Gasteiger partial charge in [0, 0.05) is 32.3 Å². The van der Waals surface area contributed by atoms with Crippen LogP contribution >= 0.6 is 0 Å². The Morgan fingerprint density at radius 1 is 1.44 bits per heavy atom. The van der Waals surface area contributed by atoms with E-state index in [1.54, 1.807) is 0 Å². The minimum absolute atomic E-state index is 0.0786. The van der Waals surface area contributed by atoms with E-state index < -0.39 is 0 Å². The van der Waals surface area contributed by atoms with Crippen LogP contribution in [0.15, 0.2) is 0 Å². The molecule has 2 rings (SSSR count). The molecule has 5 nitrogen and oxygen atoms in total. The first-order valence-corrected chi connectivity index (χ1v) is 6.12. The molecule has 0 radical (unpaired) electrons. The van der Waals surface area contributed by atoms with Crippen molar-refractivity contribution in [3.63, 3.8) is 0 Å². The van der Waals surface area contributed by atoms with E-state index in [1.165, 1.54) is 0 Å². The Morgan fingerprint density at radius 2 is 2.31 bits per heavy atom. The number of rotatable bonds is 3. The third-order valence-corrected chi connectivity index (χ3v) is 3.19. The quantitative estimate of drug-likeness (QED) is 0.592. The molecule has 1 amide bonds.